The number of anilines is 1. The van der Waals surface area contributed by atoms with E-state index in [-0.39, 0.29) is 17.5 Å². The third-order valence-corrected chi connectivity index (χ3v) is 5.53. The average Bonchev–Trinajstić information content (AvgIpc) is 3.12. The van der Waals surface area contributed by atoms with Gasteiger partial charge in [0, 0.05) is 48.4 Å². The van der Waals surface area contributed by atoms with Crippen molar-refractivity contribution in [3.63, 3.8) is 0 Å². The van der Waals surface area contributed by atoms with Crippen LogP contribution in [0.15, 0.2) is 39.7 Å². The van der Waals surface area contributed by atoms with E-state index in [1.165, 1.54) is 18.3 Å². The number of amides is 1. The molecule has 3 heterocycles. The maximum Gasteiger partial charge on any atom is 0.296 e. The lowest BCUT2D eigenvalue weighted by Gasteiger charge is -2.32. The van der Waals surface area contributed by atoms with Crippen molar-refractivity contribution in [2.45, 2.75) is 25.8 Å². The standard InChI is InChI=1S/C21H19FN4O3/c1-11(27)26-8-2-3-13(10-26)24-21-25-18-14-5-4-12(22)9-16(14)17-15(19(18)29-21)6-7-23-20(17)28/h4-7,9,13H,2-3,8,10H2,1H3,(H,23,28)(H,24,25). The maximum atomic E-state index is 13.9. The van der Waals surface area contributed by atoms with Crippen molar-refractivity contribution >= 4 is 44.6 Å². The number of likely N-dealkylation sites (tertiary alicyclic amines) is 1. The predicted octanol–water partition coefficient (Wildman–Crippen LogP) is 3.38. The molecule has 1 aliphatic rings. The van der Waals surface area contributed by atoms with E-state index < -0.39 is 5.82 Å². The summed E-state index contributed by atoms with van der Waals surface area (Å²) in [6.07, 6.45) is 3.34. The molecule has 0 bridgehead atoms. The SMILES string of the molecule is CC(=O)N1CCCC(Nc2nc3c4ccc(F)cc4c4c(=O)[nH]ccc4c3o2)C1. The van der Waals surface area contributed by atoms with E-state index in [1.807, 2.05) is 0 Å². The molecule has 1 amide bonds. The summed E-state index contributed by atoms with van der Waals surface area (Å²) >= 11 is 0. The molecule has 4 aromatic rings. The minimum absolute atomic E-state index is 0.0269. The molecule has 0 saturated carbocycles. The van der Waals surface area contributed by atoms with E-state index in [0.29, 0.717) is 45.2 Å². The van der Waals surface area contributed by atoms with Gasteiger partial charge in [0.05, 0.1) is 5.39 Å². The molecule has 1 unspecified atom stereocenters. The molecule has 5 rings (SSSR count). The highest BCUT2D eigenvalue weighted by molar-refractivity contribution is 6.22. The first kappa shape index (κ1) is 17.7. The van der Waals surface area contributed by atoms with Crippen molar-refractivity contribution in [3.05, 3.63) is 46.6 Å². The first-order chi connectivity index (χ1) is 14.0. The molecule has 2 aromatic heterocycles. The largest absolute Gasteiger partial charge is 0.423 e. The Bertz CT molecular complexity index is 1330. The molecule has 1 fully saturated rings. The van der Waals surface area contributed by atoms with Crippen LogP contribution in [-0.4, -0.2) is 39.9 Å². The van der Waals surface area contributed by atoms with Gasteiger partial charge in [-0.25, -0.2) is 4.39 Å². The fraction of sp³-hybridized carbons (Fsp3) is 0.286. The van der Waals surface area contributed by atoms with Gasteiger partial charge in [-0.05, 0) is 37.1 Å². The number of nitrogens with one attached hydrogen (secondary N) is 2. The van der Waals surface area contributed by atoms with Crippen molar-refractivity contribution in [1.29, 1.82) is 0 Å². The van der Waals surface area contributed by atoms with Gasteiger partial charge < -0.3 is 19.6 Å². The molecule has 0 radical (unpaired) electrons. The van der Waals surface area contributed by atoms with Crippen molar-refractivity contribution in [2.75, 3.05) is 18.4 Å². The highest BCUT2D eigenvalue weighted by Gasteiger charge is 2.24. The number of benzene rings is 2. The first-order valence-corrected chi connectivity index (χ1v) is 9.56. The number of hydrogen-bond donors (Lipinski definition) is 2. The van der Waals surface area contributed by atoms with Crippen LogP contribution in [0, 0.1) is 5.82 Å². The molecule has 1 aliphatic heterocycles. The van der Waals surface area contributed by atoms with E-state index in [2.05, 4.69) is 15.3 Å². The molecule has 8 heteroatoms. The van der Waals surface area contributed by atoms with E-state index in [4.69, 9.17) is 4.42 Å². The van der Waals surface area contributed by atoms with E-state index in [0.717, 1.165) is 19.4 Å². The lowest BCUT2D eigenvalue weighted by atomic mass is 10.0. The summed E-state index contributed by atoms with van der Waals surface area (Å²) in [4.78, 5) is 33.2. The second-order valence-corrected chi connectivity index (χ2v) is 7.43. The van der Waals surface area contributed by atoms with Gasteiger partial charge in [0.15, 0.2) is 5.58 Å². The van der Waals surface area contributed by atoms with Crippen LogP contribution in [0.1, 0.15) is 19.8 Å². The Hall–Kier alpha value is -3.42. The highest BCUT2D eigenvalue weighted by Crippen LogP contribution is 2.35. The summed E-state index contributed by atoms with van der Waals surface area (Å²) in [6, 6.07) is 6.39. The molecule has 2 aromatic carbocycles. The lowest BCUT2D eigenvalue weighted by molar-refractivity contribution is -0.129. The number of carbonyl (C=O) groups is 1. The number of nitrogens with zero attached hydrogens (tertiary/aromatic N) is 2. The number of H-pyrrole nitrogens is 1. The fourth-order valence-electron chi connectivity index (χ4n) is 4.17. The Morgan fingerprint density at radius 2 is 2.17 bits per heavy atom. The van der Waals surface area contributed by atoms with Crippen LogP contribution >= 0.6 is 0 Å². The van der Waals surface area contributed by atoms with Crippen LogP contribution in [0.3, 0.4) is 0 Å². The Morgan fingerprint density at radius 1 is 1.31 bits per heavy atom. The second kappa shape index (κ2) is 6.58. The predicted molar refractivity (Wildman–Crippen MR) is 108 cm³/mol. The molecule has 148 valence electrons. The minimum atomic E-state index is -0.422. The lowest BCUT2D eigenvalue weighted by Crippen LogP contribution is -2.44. The van der Waals surface area contributed by atoms with Crippen molar-refractivity contribution in [2.24, 2.45) is 0 Å². The summed E-state index contributed by atoms with van der Waals surface area (Å²) in [5.41, 5.74) is 0.738. The fourth-order valence-corrected chi connectivity index (χ4v) is 4.17. The third kappa shape index (κ3) is 2.91. The van der Waals surface area contributed by atoms with Crippen LogP contribution in [0.4, 0.5) is 10.4 Å². The number of pyridine rings is 1. The summed E-state index contributed by atoms with van der Waals surface area (Å²) < 4.78 is 19.9. The summed E-state index contributed by atoms with van der Waals surface area (Å²) in [5.74, 6) is -0.373. The summed E-state index contributed by atoms with van der Waals surface area (Å²) in [5, 5.41) is 5.38. The number of halogens is 1. The monoisotopic (exact) mass is 394 g/mol. The molecule has 29 heavy (non-hydrogen) atoms. The number of oxazole rings is 1. The van der Waals surface area contributed by atoms with Gasteiger partial charge in [-0.1, -0.05) is 0 Å². The van der Waals surface area contributed by atoms with Crippen LogP contribution in [-0.2, 0) is 4.79 Å². The quantitative estimate of drug-likeness (QED) is 0.509. The van der Waals surface area contributed by atoms with Crippen molar-refractivity contribution < 1.29 is 13.6 Å². The Morgan fingerprint density at radius 3 is 3.00 bits per heavy atom. The van der Waals surface area contributed by atoms with E-state index in [1.54, 1.807) is 24.0 Å². The normalized spacial score (nSPS) is 17.3. The Kier molecular flexibility index (Phi) is 4.01. The number of aromatic amines is 1. The number of hydrogen-bond acceptors (Lipinski definition) is 5. The summed E-state index contributed by atoms with van der Waals surface area (Å²) in [6.45, 7) is 2.90. The summed E-state index contributed by atoms with van der Waals surface area (Å²) in [7, 11) is 0. The number of aromatic nitrogens is 2. The second-order valence-electron chi connectivity index (χ2n) is 7.43. The number of piperidine rings is 1. The Balaban J connectivity index is 1.66. The van der Waals surface area contributed by atoms with Gasteiger partial charge in [-0.2, -0.15) is 4.98 Å². The molecule has 0 aliphatic carbocycles. The first-order valence-electron chi connectivity index (χ1n) is 9.56. The van der Waals surface area contributed by atoms with E-state index in [9.17, 15) is 14.0 Å². The maximum absolute atomic E-state index is 13.9. The average molecular weight is 394 g/mol. The molecule has 7 nitrogen and oxygen atoms in total. The molecule has 1 atom stereocenters. The smallest absolute Gasteiger partial charge is 0.296 e. The van der Waals surface area contributed by atoms with Gasteiger partial charge >= 0.3 is 0 Å². The van der Waals surface area contributed by atoms with Gasteiger partial charge in [0.25, 0.3) is 11.6 Å². The van der Waals surface area contributed by atoms with Crippen molar-refractivity contribution in [3.8, 4) is 0 Å². The van der Waals surface area contributed by atoms with Crippen LogP contribution in [0.5, 0.6) is 0 Å². The van der Waals surface area contributed by atoms with Gasteiger partial charge in [-0.3, -0.25) is 9.59 Å². The number of carbonyl (C=O) groups excluding carboxylic acids is 1. The van der Waals surface area contributed by atoms with Crippen LogP contribution < -0.4 is 10.9 Å². The zero-order valence-electron chi connectivity index (χ0n) is 15.8. The topological polar surface area (TPSA) is 91.2 Å². The molecule has 2 N–H and O–H groups in total. The van der Waals surface area contributed by atoms with Gasteiger partial charge in [0.1, 0.15) is 11.3 Å². The molecule has 0 spiro atoms. The molecular weight excluding hydrogens is 375 g/mol. The molecular formula is C21H19FN4O3. The van der Waals surface area contributed by atoms with Gasteiger partial charge in [-0.15, -0.1) is 0 Å². The van der Waals surface area contributed by atoms with Crippen LogP contribution in [0.25, 0.3) is 32.6 Å². The van der Waals surface area contributed by atoms with E-state index >= 15 is 0 Å². The van der Waals surface area contributed by atoms with Crippen LogP contribution in [0.2, 0.25) is 0 Å². The highest BCUT2D eigenvalue weighted by atomic mass is 19.1. The van der Waals surface area contributed by atoms with Gasteiger partial charge in [0.2, 0.25) is 5.91 Å². The Labute approximate surface area is 164 Å². The number of fused-ring (bicyclic) bond motifs is 6. The zero-order chi connectivity index (χ0) is 20.1. The third-order valence-electron chi connectivity index (χ3n) is 5.53. The molecule has 1 saturated heterocycles. The van der Waals surface area contributed by atoms with Crippen molar-refractivity contribution in [1.82, 2.24) is 14.9 Å². The number of rotatable bonds is 2. The minimum Gasteiger partial charge on any atom is -0.423 e. The zero-order valence-corrected chi connectivity index (χ0v) is 15.8.